The maximum Gasteiger partial charge on any atom is 0.140 e. The number of nitriles is 1. The third kappa shape index (κ3) is 1.96. The first-order valence-electron chi connectivity index (χ1n) is 3.75. The first kappa shape index (κ1) is 8.54. The van der Waals surface area contributed by atoms with Crippen LogP contribution in [0.15, 0.2) is 18.5 Å². The van der Waals surface area contributed by atoms with Gasteiger partial charge in [-0.05, 0) is 19.9 Å². The summed E-state index contributed by atoms with van der Waals surface area (Å²) < 4.78 is 5.37. The first-order valence-corrected chi connectivity index (χ1v) is 3.75. The quantitative estimate of drug-likeness (QED) is 0.665. The lowest BCUT2D eigenvalue weighted by Gasteiger charge is -2.09. The van der Waals surface area contributed by atoms with Gasteiger partial charge in [0.05, 0.1) is 6.10 Å². The fourth-order valence-corrected chi connectivity index (χ4v) is 0.822. The lowest BCUT2D eigenvalue weighted by Crippen LogP contribution is -2.06. The summed E-state index contributed by atoms with van der Waals surface area (Å²) in [6.45, 7) is 3.84. The Labute approximate surface area is 71.6 Å². The van der Waals surface area contributed by atoms with Gasteiger partial charge in [0.25, 0.3) is 0 Å². The van der Waals surface area contributed by atoms with E-state index in [1.807, 2.05) is 19.9 Å². The average molecular weight is 162 g/mol. The molecule has 0 bridgehead atoms. The number of nitrogens with zero attached hydrogens (tertiary/aromatic N) is 2. The molecule has 0 aliphatic rings. The van der Waals surface area contributed by atoms with Crippen LogP contribution in [-0.2, 0) is 0 Å². The number of ether oxygens (including phenoxy) is 1. The summed E-state index contributed by atoms with van der Waals surface area (Å²) in [6, 6.07) is 3.71. The second kappa shape index (κ2) is 3.72. The molecule has 12 heavy (non-hydrogen) atoms. The number of pyridine rings is 1. The molecule has 0 unspecified atom stereocenters. The van der Waals surface area contributed by atoms with Gasteiger partial charge in [-0.15, -0.1) is 0 Å². The molecule has 1 heterocycles. The van der Waals surface area contributed by atoms with Crippen molar-refractivity contribution in [2.45, 2.75) is 20.0 Å². The summed E-state index contributed by atoms with van der Waals surface area (Å²) in [7, 11) is 0. The molecule has 1 rings (SSSR count). The molecule has 0 spiro atoms. The Morgan fingerprint density at radius 3 is 2.92 bits per heavy atom. The molecule has 0 N–H and O–H groups in total. The molecule has 1 aromatic rings. The highest BCUT2D eigenvalue weighted by atomic mass is 16.5. The third-order valence-electron chi connectivity index (χ3n) is 1.26. The summed E-state index contributed by atoms with van der Waals surface area (Å²) in [5, 5.41) is 8.66. The Kier molecular flexibility index (Phi) is 2.65. The van der Waals surface area contributed by atoms with E-state index in [4.69, 9.17) is 10.00 Å². The van der Waals surface area contributed by atoms with Crippen LogP contribution in [0.1, 0.15) is 19.4 Å². The average Bonchev–Trinajstić information content (AvgIpc) is 2.04. The predicted molar refractivity (Wildman–Crippen MR) is 44.7 cm³/mol. The second-order valence-electron chi connectivity index (χ2n) is 2.65. The Hall–Kier alpha value is -1.56. The molecule has 0 aromatic carbocycles. The van der Waals surface area contributed by atoms with Crippen LogP contribution < -0.4 is 4.74 Å². The molecule has 0 atom stereocenters. The van der Waals surface area contributed by atoms with Crippen molar-refractivity contribution in [3.05, 3.63) is 24.0 Å². The monoisotopic (exact) mass is 162 g/mol. The van der Waals surface area contributed by atoms with Crippen molar-refractivity contribution in [2.75, 3.05) is 0 Å². The van der Waals surface area contributed by atoms with E-state index in [1.165, 1.54) is 6.20 Å². The maximum atomic E-state index is 8.66. The van der Waals surface area contributed by atoms with E-state index in [9.17, 15) is 0 Å². The molecule has 0 saturated heterocycles. The van der Waals surface area contributed by atoms with Gasteiger partial charge in [0.2, 0.25) is 0 Å². The second-order valence-corrected chi connectivity index (χ2v) is 2.65. The van der Waals surface area contributed by atoms with Crippen molar-refractivity contribution < 1.29 is 4.74 Å². The highest BCUT2D eigenvalue weighted by molar-refractivity contribution is 5.40. The summed E-state index contributed by atoms with van der Waals surface area (Å²) >= 11 is 0. The smallest absolute Gasteiger partial charge is 0.140 e. The minimum absolute atomic E-state index is 0.0829. The lowest BCUT2D eigenvalue weighted by atomic mass is 10.3. The summed E-state index contributed by atoms with van der Waals surface area (Å²) in [6.07, 6.45) is 3.19. The van der Waals surface area contributed by atoms with Crippen LogP contribution in [0, 0.1) is 11.3 Å². The van der Waals surface area contributed by atoms with Crippen molar-refractivity contribution >= 4 is 0 Å². The van der Waals surface area contributed by atoms with Gasteiger partial charge in [-0.25, -0.2) is 0 Å². The Bertz CT molecular complexity index is 302. The van der Waals surface area contributed by atoms with Gasteiger partial charge in [-0.1, -0.05) is 0 Å². The van der Waals surface area contributed by atoms with Gasteiger partial charge in [0, 0.05) is 12.4 Å². The molecule has 0 radical (unpaired) electrons. The normalized spacial score (nSPS) is 9.50. The van der Waals surface area contributed by atoms with Gasteiger partial charge in [-0.3, -0.25) is 4.98 Å². The summed E-state index contributed by atoms with van der Waals surface area (Å²) in [5.41, 5.74) is 0.478. The van der Waals surface area contributed by atoms with Crippen molar-refractivity contribution in [1.82, 2.24) is 4.98 Å². The predicted octanol–water partition coefficient (Wildman–Crippen LogP) is 1.74. The van der Waals surface area contributed by atoms with Crippen LogP contribution >= 0.6 is 0 Å². The van der Waals surface area contributed by atoms with Crippen molar-refractivity contribution in [2.24, 2.45) is 0 Å². The van der Waals surface area contributed by atoms with E-state index in [1.54, 1.807) is 12.3 Å². The minimum atomic E-state index is 0.0829. The van der Waals surface area contributed by atoms with E-state index in [-0.39, 0.29) is 6.10 Å². The van der Waals surface area contributed by atoms with E-state index >= 15 is 0 Å². The molecule has 0 fully saturated rings. The molecule has 1 aromatic heterocycles. The standard InChI is InChI=1S/C9H10N2O/c1-7(2)12-9-3-4-11-6-8(9)5-10/h3-4,6-7H,1-2H3. The van der Waals surface area contributed by atoms with E-state index in [0.717, 1.165) is 0 Å². The minimum Gasteiger partial charge on any atom is -0.490 e. The highest BCUT2D eigenvalue weighted by Gasteiger charge is 2.03. The topological polar surface area (TPSA) is 45.9 Å². The van der Waals surface area contributed by atoms with Gasteiger partial charge < -0.3 is 4.74 Å². The van der Waals surface area contributed by atoms with Crippen LogP contribution in [0.5, 0.6) is 5.75 Å². The Morgan fingerprint density at radius 2 is 2.33 bits per heavy atom. The van der Waals surface area contributed by atoms with Crippen LogP contribution in [0.4, 0.5) is 0 Å². The highest BCUT2D eigenvalue weighted by Crippen LogP contribution is 2.16. The van der Waals surface area contributed by atoms with E-state index in [0.29, 0.717) is 11.3 Å². The zero-order chi connectivity index (χ0) is 8.97. The van der Waals surface area contributed by atoms with Gasteiger partial charge >= 0.3 is 0 Å². The molecule has 0 amide bonds. The van der Waals surface area contributed by atoms with Crippen molar-refractivity contribution in [3.8, 4) is 11.8 Å². The maximum absolute atomic E-state index is 8.66. The van der Waals surface area contributed by atoms with Crippen LogP contribution in [0.25, 0.3) is 0 Å². The molecule has 0 saturated carbocycles. The van der Waals surface area contributed by atoms with Crippen LogP contribution in [0.2, 0.25) is 0 Å². The van der Waals surface area contributed by atoms with Crippen molar-refractivity contribution in [1.29, 1.82) is 5.26 Å². The number of rotatable bonds is 2. The first-order chi connectivity index (χ1) is 5.74. The van der Waals surface area contributed by atoms with Gasteiger partial charge in [0.1, 0.15) is 17.4 Å². The molecule has 62 valence electrons. The molecular weight excluding hydrogens is 152 g/mol. The SMILES string of the molecule is CC(C)Oc1ccncc1C#N. The number of hydrogen-bond acceptors (Lipinski definition) is 3. The zero-order valence-electron chi connectivity index (χ0n) is 7.11. The molecule has 3 heteroatoms. The summed E-state index contributed by atoms with van der Waals surface area (Å²) in [5.74, 6) is 0.600. The van der Waals surface area contributed by atoms with Gasteiger partial charge in [-0.2, -0.15) is 5.26 Å². The fourth-order valence-electron chi connectivity index (χ4n) is 0.822. The number of hydrogen-bond donors (Lipinski definition) is 0. The van der Waals surface area contributed by atoms with Crippen LogP contribution in [0.3, 0.4) is 0 Å². The van der Waals surface area contributed by atoms with E-state index < -0.39 is 0 Å². The molecular formula is C9H10N2O. The largest absolute Gasteiger partial charge is 0.490 e. The third-order valence-corrected chi connectivity index (χ3v) is 1.26. The Morgan fingerprint density at radius 1 is 1.58 bits per heavy atom. The number of aromatic nitrogens is 1. The van der Waals surface area contributed by atoms with Gasteiger partial charge in [0.15, 0.2) is 0 Å². The summed E-state index contributed by atoms with van der Waals surface area (Å²) in [4.78, 5) is 3.82. The Balaban J connectivity index is 2.91. The fraction of sp³-hybridized carbons (Fsp3) is 0.333. The van der Waals surface area contributed by atoms with Crippen LogP contribution in [-0.4, -0.2) is 11.1 Å². The molecule has 0 aliphatic heterocycles. The lowest BCUT2D eigenvalue weighted by molar-refractivity contribution is 0.241. The zero-order valence-corrected chi connectivity index (χ0v) is 7.11. The molecule has 0 aliphatic carbocycles. The van der Waals surface area contributed by atoms with Crippen molar-refractivity contribution in [3.63, 3.8) is 0 Å². The molecule has 3 nitrogen and oxygen atoms in total. The van der Waals surface area contributed by atoms with E-state index in [2.05, 4.69) is 4.98 Å².